The second-order valence-corrected chi connectivity index (χ2v) is 2.43. The average molecular weight is 209 g/mol. The van der Waals surface area contributed by atoms with Crippen molar-refractivity contribution in [2.75, 3.05) is 12.4 Å². The second kappa shape index (κ2) is 9.34. The van der Waals surface area contributed by atoms with Gasteiger partial charge in [-0.05, 0) is 6.92 Å². The van der Waals surface area contributed by atoms with Crippen molar-refractivity contribution in [1.82, 2.24) is 0 Å². The number of nitrogens with two attached hydrogens (primary N) is 1. The van der Waals surface area contributed by atoms with Crippen molar-refractivity contribution < 1.29 is 19.4 Å². The van der Waals surface area contributed by atoms with E-state index in [0.717, 1.165) is 6.92 Å². The van der Waals surface area contributed by atoms with E-state index in [1.54, 1.807) is 6.92 Å². The fourth-order valence-corrected chi connectivity index (χ4v) is 0.473. The van der Waals surface area contributed by atoms with Crippen LogP contribution in [0.15, 0.2) is 0 Å². The Morgan fingerprint density at radius 2 is 2.00 bits per heavy atom. The number of carbonyl (C=O) groups is 2. The summed E-state index contributed by atoms with van der Waals surface area (Å²) < 4.78 is 4.58. The summed E-state index contributed by atoms with van der Waals surface area (Å²) in [6.45, 7) is 3.20. The number of ether oxygens (including phenoxy) is 1. The van der Waals surface area contributed by atoms with Gasteiger partial charge in [-0.2, -0.15) is 12.6 Å². The van der Waals surface area contributed by atoms with E-state index >= 15 is 0 Å². The fraction of sp³-hybridized carbons (Fsp3) is 0.714. The number of esters is 1. The van der Waals surface area contributed by atoms with Crippen molar-refractivity contribution in [3.8, 4) is 0 Å². The Balaban J connectivity index is 0. The Bertz CT molecular complexity index is 159. The van der Waals surface area contributed by atoms with E-state index in [0.29, 0.717) is 12.4 Å². The summed E-state index contributed by atoms with van der Waals surface area (Å²) in [5, 5.41) is 7.42. The maximum Gasteiger partial charge on any atom is 0.323 e. The Labute approximate surface area is 82.7 Å². The molecule has 0 amide bonds. The van der Waals surface area contributed by atoms with Crippen LogP contribution in [0.3, 0.4) is 0 Å². The van der Waals surface area contributed by atoms with Crippen LogP contribution in [0.25, 0.3) is 0 Å². The first-order chi connectivity index (χ1) is 5.95. The van der Waals surface area contributed by atoms with Crippen LogP contribution >= 0.6 is 12.6 Å². The van der Waals surface area contributed by atoms with Crippen molar-refractivity contribution >= 4 is 24.6 Å². The van der Waals surface area contributed by atoms with Gasteiger partial charge in [-0.3, -0.25) is 9.59 Å². The van der Waals surface area contributed by atoms with Crippen LogP contribution in [0, 0.1) is 0 Å². The van der Waals surface area contributed by atoms with E-state index in [1.807, 2.05) is 0 Å². The van der Waals surface area contributed by atoms with Gasteiger partial charge in [0.25, 0.3) is 5.97 Å². The number of carboxylic acid groups (broad SMARTS) is 1. The maximum atomic E-state index is 10.6. The topological polar surface area (TPSA) is 89.6 Å². The van der Waals surface area contributed by atoms with E-state index in [2.05, 4.69) is 17.4 Å². The molecule has 0 aliphatic carbocycles. The summed E-state index contributed by atoms with van der Waals surface area (Å²) in [4.78, 5) is 19.6. The minimum absolute atomic E-state index is 0.332. The van der Waals surface area contributed by atoms with E-state index < -0.39 is 12.0 Å². The van der Waals surface area contributed by atoms with Gasteiger partial charge in [0, 0.05) is 12.7 Å². The number of carbonyl (C=O) groups excluding carboxylic acids is 1. The van der Waals surface area contributed by atoms with E-state index in [-0.39, 0.29) is 5.97 Å². The normalized spacial score (nSPS) is 10.8. The summed E-state index contributed by atoms with van der Waals surface area (Å²) in [6.07, 6.45) is 0. The van der Waals surface area contributed by atoms with Crippen molar-refractivity contribution in [2.24, 2.45) is 5.73 Å². The molecule has 0 saturated heterocycles. The lowest BCUT2D eigenvalue weighted by Crippen LogP contribution is -2.33. The van der Waals surface area contributed by atoms with Crippen LogP contribution < -0.4 is 5.73 Å². The molecule has 0 aliphatic heterocycles. The highest BCUT2D eigenvalue weighted by Gasteiger charge is 2.10. The van der Waals surface area contributed by atoms with Gasteiger partial charge in [-0.1, -0.05) is 0 Å². The third-order valence-electron chi connectivity index (χ3n) is 0.786. The van der Waals surface area contributed by atoms with Crippen LogP contribution in [0.2, 0.25) is 0 Å². The van der Waals surface area contributed by atoms with Gasteiger partial charge < -0.3 is 15.6 Å². The summed E-state index contributed by atoms with van der Waals surface area (Å²) >= 11 is 3.82. The molecule has 0 aromatic heterocycles. The molecule has 0 fully saturated rings. The molecule has 5 nitrogen and oxygen atoms in total. The minimum atomic E-state index is -0.833. The summed E-state index contributed by atoms with van der Waals surface area (Å²) in [6, 6.07) is -0.576. The molecule has 3 N–H and O–H groups in total. The van der Waals surface area contributed by atoms with Gasteiger partial charge >= 0.3 is 5.97 Å². The van der Waals surface area contributed by atoms with Crippen molar-refractivity contribution in [2.45, 2.75) is 19.9 Å². The standard InChI is InChI=1S/C5H11NO2S.C2H4O2/c1-2-8-5(7)4(6)3-9;1-2(3)4/h4,9H,2-3,6H2,1H3;1H3,(H,3,4). The first-order valence-corrected chi connectivity index (χ1v) is 4.31. The largest absolute Gasteiger partial charge is 0.481 e. The van der Waals surface area contributed by atoms with Gasteiger partial charge in [0.05, 0.1) is 6.61 Å². The molecule has 0 radical (unpaired) electrons. The Morgan fingerprint density at radius 3 is 2.23 bits per heavy atom. The predicted molar refractivity (Wildman–Crippen MR) is 51.8 cm³/mol. The molecule has 0 rings (SSSR count). The van der Waals surface area contributed by atoms with Gasteiger partial charge in [-0.15, -0.1) is 0 Å². The molecule has 0 spiro atoms. The van der Waals surface area contributed by atoms with Crippen molar-refractivity contribution in [3.63, 3.8) is 0 Å². The van der Waals surface area contributed by atoms with Crippen molar-refractivity contribution in [3.05, 3.63) is 0 Å². The third-order valence-corrected chi connectivity index (χ3v) is 1.18. The zero-order valence-corrected chi connectivity index (χ0v) is 8.58. The molecule has 0 saturated carbocycles. The molecule has 0 aliphatic rings. The third kappa shape index (κ3) is 14.1. The minimum Gasteiger partial charge on any atom is -0.481 e. The summed E-state index contributed by atoms with van der Waals surface area (Å²) in [5.74, 6) is -0.883. The Kier molecular flexibility index (Phi) is 10.6. The first kappa shape index (κ1) is 14.8. The lowest BCUT2D eigenvalue weighted by atomic mass is 10.4. The van der Waals surface area contributed by atoms with Crippen molar-refractivity contribution in [1.29, 1.82) is 0 Å². The Hall–Kier alpha value is -0.750. The average Bonchev–Trinajstić information content (AvgIpc) is 2.02. The molecule has 0 bridgehead atoms. The molecular weight excluding hydrogens is 194 g/mol. The number of hydrogen-bond acceptors (Lipinski definition) is 5. The van der Waals surface area contributed by atoms with Crippen LogP contribution in [0.5, 0.6) is 0 Å². The highest BCUT2D eigenvalue weighted by atomic mass is 32.1. The van der Waals surface area contributed by atoms with E-state index in [4.69, 9.17) is 15.6 Å². The SMILES string of the molecule is CC(=O)O.CCOC(=O)C(N)CS. The van der Waals surface area contributed by atoms with Gasteiger partial charge in [-0.25, -0.2) is 0 Å². The van der Waals surface area contributed by atoms with E-state index in [9.17, 15) is 4.79 Å². The van der Waals surface area contributed by atoms with E-state index in [1.165, 1.54) is 0 Å². The predicted octanol–water partition coefficient (Wildman–Crippen LogP) is -0.103. The zero-order valence-electron chi connectivity index (χ0n) is 7.69. The van der Waals surface area contributed by atoms with Crippen LogP contribution in [0.4, 0.5) is 0 Å². The quantitative estimate of drug-likeness (QED) is 0.446. The van der Waals surface area contributed by atoms with Crippen LogP contribution in [-0.4, -0.2) is 35.4 Å². The highest BCUT2D eigenvalue weighted by molar-refractivity contribution is 7.80. The second-order valence-electron chi connectivity index (χ2n) is 2.06. The molecule has 6 heteroatoms. The van der Waals surface area contributed by atoms with Gasteiger partial charge in [0.1, 0.15) is 6.04 Å². The van der Waals surface area contributed by atoms with Gasteiger partial charge in [0.15, 0.2) is 0 Å². The number of carboxylic acids is 1. The molecule has 0 aromatic carbocycles. The van der Waals surface area contributed by atoms with Crippen LogP contribution in [0.1, 0.15) is 13.8 Å². The lowest BCUT2D eigenvalue weighted by Gasteiger charge is -2.05. The summed E-state index contributed by atoms with van der Waals surface area (Å²) in [5.41, 5.74) is 5.25. The molecule has 78 valence electrons. The molecule has 1 atom stereocenters. The number of thiol groups is 1. The molecule has 1 unspecified atom stereocenters. The monoisotopic (exact) mass is 209 g/mol. The molecule has 13 heavy (non-hydrogen) atoms. The lowest BCUT2D eigenvalue weighted by molar-refractivity contribution is -0.144. The van der Waals surface area contributed by atoms with Crippen LogP contribution in [-0.2, 0) is 14.3 Å². The smallest absolute Gasteiger partial charge is 0.323 e. The number of hydrogen-bond donors (Lipinski definition) is 3. The maximum absolute atomic E-state index is 10.6. The first-order valence-electron chi connectivity index (χ1n) is 3.68. The number of aliphatic carboxylic acids is 1. The number of rotatable bonds is 3. The molecular formula is C7H15NO4S. The fourth-order valence-electron chi connectivity index (χ4n) is 0.324. The molecule has 0 aromatic rings. The van der Waals surface area contributed by atoms with Gasteiger partial charge in [0.2, 0.25) is 0 Å². The molecule has 0 heterocycles. The zero-order chi connectivity index (χ0) is 10.9. The Morgan fingerprint density at radius 1 is 1.62 bits per heavy atom. The highest BCUT2D eigenvalue weighted by Crippen LogP contribution is 1.87. The summed E-state index contributed by atoms with van der Waals surface area (Å²) in [7, 11) is 0.